The number of nitrogens with zero attached hydrogens (tertiary/aromatic N) is 2. The van der Waals surface area contributed by atoms with Crippen LogP contribution in [0.25, 0.3) is 11.5 Å². The van der Waals surface area contributed by atoms with Crippen molar-refractivity contribution in [2.45, 2.75) is 13.0 Å². The van der Waals surface area contributed by atoms with Gasteiger partial charge in [-0.2, -0.15) is 0 Å². The summed E-state index contributed by atoms with van der Waals surface area (Å²) < 4.78 is 5.36. The molecule has 0 radical (unpaired) electrons. The molecule has 98 valence electrons. The van der Waals surface area contributed by atoms with Crippen molar-refractivity contribution in [1.29, 1.82) is 0 Å². The van der Waals surface area contributed by atoms with E-state index in [-0.39, 0.29) is 11.8 Å². The lowest BCUT2D eigenvalue weighted by Crippen LogP contribution is -2.36. The summed E-state index contributed by atoms with van der Waals surface area (Å²) in [5.74, 6) is -0.963. The van der Waals surface area contributed by atoms with E-state index in [1.807, 2.05) is 18.2 Å². The van der Waals surface area contributed by atoms with Gasteiger partial charge in [-0.3, -0.25) is 9.59 Å². The number of aromatic nitrogens is 2. The molecule has 0 bridgehead atoms. The second-order valence-electron chi connectivity index (χ2n) is 3.85. The van der Waals surface area contributed by atoms with Crippen LogP contribution in [0, 0.1) is 0 Å². The lowest BCUT2D eigenvalue weighted by atomic mass is 10.2. The summed E-state index contributed by atoms with van der Waals surface area (Å²) in [7, 11) is 0. The molecule has 1 heterocycles. The zero-order valence-electron chi connectivity index (χ0n) is 10.2. The van der Waals surface area contributed by atoms with Crippen LogP contribution in [0.5, 0.6) is 0 Å². The predicted octanol–water partition coefficient (Wildman–Crippen LogP) is 0.399. The van der Waals surface area contributed by atoms with Crippen LogP contribution in [0.15, 0.2) is 34.7 Å². The Morgan fingerprint density at radius 3 is 2.53 bits per heavy atom. The van der Waals surface area contributed by atoms with E-state index in [4.69, 9.17) is 10.2 Å². The minimum atomic E-state index is -1.12. The average molecular weight is 260 g/mol. The van der Waals surface area contributed by atoms with Gasteiger partial charge in [0, 0.05) is 12.5 Å². The van der Waals surface area contributed by atoms with Gasteiger partial charge < -0.3 is 15.5 Å². The van der Waals surface area contributed by atoms with Crippen LogP contribution in [-0.2, 0) is 9.59 Å². The monoisotopic (exact) mass is 260 g/mol. The third-order valence-corrected chi connectivity index (χ3v) is 2.34. The third-order valence-electron chi connectivity index (χ3n) is 2.34. The van der Waals surface area contributed by atoms with Crippen LogP contribution in [0.2, 0.25) is 0 Å². The molecule has 1 unspecified atom stereocenters. The number of amides is 2. The number of rotatable bonds is 4. The summed E-state index contributed by atoms with van der Waals surface area (Å²) in [6.45, 7) is 1.27. The highest BCUT2D eigenvalue weighted by atomic mass is 16.4. The zero-order chi connectivity index (χ0) is 13.8. The quantitative estimate of drug-likeness (QED) is 0.826. The standard InChI is InChI=1S/C12H12N4O3/c1-7(17)14-9(10(13)18)12-16-15-11(19-12)8-5-3-2-4-6-8/h2-6,9H,1H3,(H2,13,18)(H,14,17). The fraction of sp³-hybridized carbons (Fsp3) is 0.167. The third kappa shape index (κ3) is 2.95. The van der Waals surface area contributed by atoms with Gasteiger partial charge >= 0.3 is 0 Å². The maximum absolute atomic E-state index is 11.3. The highest BCUT2D eigenvalue weighted by Gasteiger charge is 2.25. The Morgan fingerprint density at radius 1 is 1.26 bits per heavy atom. The highest BCUT2D eigenvalue weighted by Crippen LogP contribution is 2.20. The van der Waals surface area contributed by atoms with E-state index in [2.05, 4.69) is 15.5 Å². The molecule has 19 heavy (non-hydrogen) atoms. The molecule has 0 aliphatic carbocycles. The minimum absolute atomic E-state index is 0.0402. The second-order valence-corrected chi connectivity index (χ2v) is 3.85. The number of hydrogen-bond donors (Lipinski definition) is 2. The van der Waals surface area contributed by atoms with Crippen molar-refractivity contribution in [3.63, 3.8) is 0 Å². The van der Waals surface area contributed by atoms with Crippen molar-refractivity contribution in [1.82, 2.24) is 15.5 Å². The zero-order valence-corrected chi connectivity index (χ0v) is 10.2. The van der Waals surface area contributed by atoms with Crippen LogP contribution in [0.3, 0.4) is 0 Å². The Balaban J connectivity index is 2.29. The first-order valence-corrected chi connectivity index (χ1v) is 5.53. The first-order chi connectivity index (χ1) is 9.08. The van der Waals surface area contributed by atoms with Gasteiger partial charge in [-0.1, -0.05) is 18.2 Å². The van der Waals surface area contributed by atoms with Crippen LogP contribution in [0.1, 0.15) is 18.9 Å². The van der Waals surface area contributed by atoms with E-state index >= 15 is 0 Å². The largest absolute Gasteiger partial charge is 0.418 e. The molecule has 0 spiro atoms. The molecule has 0 saturated heterocycles. The van der Waals surface area contributed by atoms with Crippen LogP contribution >= 0.6 is 0 Å². The molecule has 2 amide bonds. The molecular weight excluding hydrogens is 248 g/mol. The van der Waals surface area contributed by atoms with Crippen LogP contribution in [0.4, 0.5) is 0 Å². The summed E-state index contributed by atoms with van der Waals surface area (Å²) in [5, 5.41) is 9.91. The lowest BCUT2D eigenvalue weighted by Gasteiger charge is -2.08. The van der Waals surface area contributed by atoms with Gasteiger partial charge in [0.1, 0.15) is 0 Å². The summed E-state index contributed by atoms with van der Waals surface area (Å²) in [4.78, 5) is 22.3. The van der Waals surface area contributed by atoms with Gasteiger partial charge in [-0.05, 0) is 12.1 Å². The number of nitrogens with two attached hydrogens (primary N) is 1. The lowest BCUT2D eigenvalue weighted by molar-refractivity contribution is -0.126. The number of nitrogens with one attached hydrogen (secondary N) is 1. The fourth-order valence-electron chi connectivity index (χ4n) is 1.51. The van der Waals surface area contributed by atoms with Gasteiger partial charge in [0.15, 0.2) is 6.04 Å². The molecule has 2 aromatic rings. The summed E-state index contributed by atoms with van der Waals surface area (Å²) >= 11 is 0. The van der Waals surface area contributed by atoms with E-state index in [9.17, 15) is 9.59 Å². The molecule has 1 aromatic heterocycles. The number of hydrogen-bond acceptors (Lipinski definition) is 5. The van der Waals surface area contributed by atoms with E-state index in [1.54, 1.807) is 12.1 Å². The molecule has 7 heteroatoms. The van der Waals surface area contributed by atoms with Crippen molar-refractivity contribution in [2.24, 2.45) is 5.73 Å². The fourth-order valence-corrected chi connectivity index (χ4v) is 1.51. The average Bonchev–Trinajstić information content (AvgIpc) is 2.86. The summed E-state index contributed by atoms with van der Waals surface area (Å²) in [6, 6.07) is 7.94. The summed E-state index contributed by atoms with van der Waals surface area (Å²) in [6.07, 6.45) is 0. The molecule has 0 aliphatic rings. The Hall–Kier alpha value is -2.70. The maximum Gasteiger partial charge on any atom is 0.249 e. The molecule has 0 saturated carbocycles. The Labute approximate surface area is 108 Å². The van der Waals surface area contributed by atoms with Crippen LogP contribution in [-0.4, -0.2) is 22.0 Å². The van der Waals surface area contributed by atoms with Crippen molar-refractivity contribution in [3.8, 4) is 11.5 Å². The topological polar surface area (TPSA) is 111 Å². The van der Waals surface area contributed by atoms with E-state index in [0.717, 1.165) is 0 Å². The number of benzene rings is 1. The number of primary amides is 1. The summed E-state index contributed by atoms with van der Waals surface area (Å²) in [5.41, 5.74) is 5.90. The molecule has 1 aromatic carbocycles. The minimum Gasteiger partial charge on any atom is -0.418 e. The number of carbonyl (C=O) groups is 2. The smallest absolute Gasteiger partial charge is 0.249 e. The molecule has 1 atom stereocenters. The molecule has 2 rings (SSSR count). The SMILES string of the molecule is CC(=O)NC(C(N)=O)c1nnc(-c2ccccc2)o1. The molecular formula is C12H12N4O3. The highest BCUT2D eigenvalue weighted by molar-refractivity contribution is 5.85. The Morgan fingerprint density at radius 2 is 1.95 bits per heavy atom. The van der Waals surface area contributed by atoms with Crippen LogP contribution < -0.4 is 11.1 Å². The molecule has 3 N–H and O–H groups in total. The van der Waals surface area contributed by atoms with Gasteiger partial charge in [-0.15, -0.1) is 10.2 Å². The van der Waals surface area contributed by atoms with E-state index in [0.29, 0.717) is 5.56 Å². The molecule has 0 fully saturated rings. The first kappa shape index (κ1) is 12.7. The second kappa shape index (κ2) is 5.30. The number of carbonyl (C=O) groups excluding carboxylic acids is 2. The Bertz CT molecular complexity index is 594. The van der Waals surface area contributed by atoms with E-state index in [1.165, 1.54) is 6.92 Å². The Kier molecular flexibility index (Phi) is 3.56. The normalized spacial score (nSPS) is 11.8. The van der Waals surface area contributed by atoms with Gasteiger partial charge in [0.05, 0.1) is 0 Å². The first-order valence-electron chi connectivity index (χ1n) is 5.53. The van der Waals surface area contributed by atoms with Crippen molar-refractivity contribution < 1.29 is 14.0 Å². The van der Waals surface area contributed by atoms with Crippen molar-refractivity contribution in [2.75, 3.05) is 0 Å². The van der Waals surface area contributed by atoms with Gasteiger partial charge in [0.25, 0.3) is 0 Å². The van der Waals surface area contributed by atoms with Crippen molar-refractivity contribution in [3.05, 3.63) is 36.2 Å². The molecule has 0 aliphatic heterocycles. The predicted molar refractivity (Wildman–Crippen MR) is 65.5 cm³/mol. The van der Waals surface area contributed by atoms with Gasteiger partial charge in [0.2, 0.25) is 23.6 Å². The molecule has 7 nitrogen and oxygen atoms in total. The van der Waals surface area contributed by atoms with Gasteiger partial charge in [-0.25, -0.2) is 0 Å². The van der Waals surface area contributed by atoms with Crippen molar-refractivity contribution >= 4 is 11.8 Å². The maximum atomic E-state index is 11.3. The van der Waals surface area contributed by atoms with E-state index < -0.39 is 17.9 Å².